The highest BCUT2D eigenvalue weighted by atomic mass is 16.5. The maximum absolute atomic E-state index is 5.38. The number of hydrogen-bond donors (Lipinski definition) is 1. The largest absolute Gasteiger partial charge is 0.382 e. The van der Waals surface area contributed by atoms with Crippen LogP contribution in [0.5, 0.6) is 0 Å². The number of anilines is 1. The van der Waals surface area contributed by atoms with E-state index >= 15 is 0 Å². The van der Waals surface area contributed by atoms with Crippen LogP contribution in [0.4, 0.5) is 5.69 Å². The van der Waals surface area contributed by atoms with E-state index in [1.54, 1.807) is 0 Å². The molecule has 1 aromatic heterocycles. The number of rotatable bonds is 3. The van der Waals surface area contributed by atoms with Gasteiger partial charge in [0, 0.05) is 33.0 Å². The molecule has 0 aromatic carbocycles. The van der Waals surface area contributed by atoms with Gasteiger partial charge in [-0.1, -0.05) is 6.92 Å². The number of ether oxygens (including phenoxy) is 1. The molecule has 0 bridgehead atoms. The smallest absolute Gasteiger partial charge is 0.0726 e. The zero-order valence-corrected chi connectivity index (χ0v) is 9.49. The van der Waals surface area contributed by atoms with E-state index in [4.69, 9.17) is 4.74 Å². The molecule has 1 aliphatic heterocycles. The van der Waals surface area contributed by atoms with Crippen molar-refractivity contribution in [3.05, 3.63) is 12.4 Å². The zero-order chi connectivity index (χ0) is 10.7. The summed E-state index contributed by atoms with van der Waals surface area (Å²) >= 11 is 0. The minimum absolute atomic E-state index is 0.369. The van der Waals surface area contributed by atoms with Crippen molar-refractivity contribution in [3.63, 3.8) is 0 Å². The molecule has 0 aliphatic carbocycles. The number of nitrogens with one attached hydrogen (secondary N) is 1. The maximum atomic E-state index is 5.38. The first-order chi connectivity index (χ1) is 7.18. The third-order valence-corrected chi connectivity index (χ3v) is 3.12. The molecule has 0 amide bonds. The molecule has 0 radical (unpaired) electrons. The minimum Gasteiger partial charge on any atom is -0.382 e. The van der Waals surface area contributed by atoms with Crippen LogP contribution < -0.4 is 5.32 Å². The van der Waals surface area contributed by atoms with Crippen LogP contribution in [-0.2, 0) is 11.8 Å². The fraction of sp³-hybridized carbons (Fsp3) is 0.727. The number of aryl methyl sites for hydroxylation is 1. The Bertz CT molecular complexity index is 315. The summed E-state index contributed by atoms with van der Waals surface area (Å²) in [7, 11) is 1.93. The van der Waals surface area contributed by atoms with Crippen molar-refractivity contribution >= 4 is 5.69 Å². The maximum Gasteiger partial charge on any atom is 0.0726 e. The van der Waals surface area contributed by atoms with E-state index in [1.165, 1.54) is 0 Å². The minimum atomic E-state index is 0.369. The predicted molar refractivity (Wildman–Crippen MR) is 59.9 cm³/mol. The molecule has 0 spiro atoms. The molecule has 2 rings (SSSR count). The average Bonchev–Trinajstić information content (AvgIpc) is 2.63. The molecule has 1 aromatic rings. The average molecular weight is 209 g/mol. The Morgan fingerprint density at radius 2 is 2.27 bits per heavy atom. The first-order valence-electron chi connectivity index (χ1n) is 5.48. The van der Waals surface area contributed by atoms with Crippen molar-refractivity contribution in [2.24, 2.45) is 12.5 Å². The zero-order valence-electron chi connectivity index (χ0n) is 9.49. The van der Waals surface area contributed by atoms with Crippen LogP contribution in [0, 0.1) is 5.41 Å². The molecule has 4 nitrogen and oxygen atoms in total. The summed E-state index contributed by atoms with van der Waals surface area (Å²) in [5.74, 6) is 0. The lowest BCUT2D eigenvalue weighted by Crippen LogP contribution is -2.33. The lowest BCUT2D eigenvalue weighted by atomic mass is 9.82. The Labute approximate surface area is 90.6 Å². The quantitative estimate of drug-likeness (QED) is 0.822. The van der Waals surface area contributed by atoms with E-state index in [0.717, 1.165) is 38.3 Å². The molecule has 0 saturated carbocycles. The summed E-state index contributed by atoms with van der Waals surface area (Å²) in [4.78, 5) is 0. The van der Waals surface area contributed by atoms with E-state index in [9.17, 15) is 0 Å². The van der Waals surface area contributed by atoms with Gasteiger partial charge in [0.25, 0.3) is 0 Å². The Kier molecular flexibility index (Phi) is 2.95. The molecule has 4 heteroatoms. The van der Waals surface area contributed by atoms with Crippen LogP contribution in [0.1, 0.15) is 19.8 Å². The normalized spacial score (nSPS) is 20.1. The second kappa shape index (κ2) is 4.23. The summed E-state index contributed by atoms with van der Waals surface area (Å²) < 4.78 is 7.19. The molecule has 0 unspecified atom stereocenters. The molecule has 1 N–H and O–H groups in total. The van der Waals surface area contributed by atoms with Crippen LogP contribution >= 0.6 is 0 Å². The lowest BCUT2D eigenvalue weighted by Gasteiger charge is -2.33. The Morgan fingerprint density at radius 3 is 2.87 bits per heavy atom. The van der Waals surface area contributed by atoms with Gasteiger partial charge in [0.15, 0.2) is 0 Å². The van der Waals surface area contributed by atoms with Crippen molar-refractivity contribution < 1.29 is 4.74 Å². The first-order valence-corrected chi connectivity index (χ1v) is 5.48. The predicted octanol–water partition coefficient (Wildman–Crippen LogP) is 1.65. The molecule has 1 aliphatic rings. The van der Waals surface area contributed by atoms with Crippen LogP contribution in [0.3, 0.4) is 0 Å². The Morgan fingerprint density at radius 1 is 1.53 bits per heavy atom. The number of hydrogen-bond acceptors (Lipinski definition) is 3. The van der Waals surface area contributed by atoms with E-state index < -0.39 is 0 Å². The van der Waals surface area contributed by atoms with E-state index in [-0.39, 0.29) is 0 Å². The topological polar surface area (TPSA) is 39.1 Å². The third kappa shape index (κ3) is 2.72. The van der Waals surface area contributed by atoms with Gasteiger partial charge >= 0.3 is 0 Å². The highest BCUT2D eigenvalue weighted by molar-refractivity contribution is 5.38. The van der Waals surface area contributed by atoms with Crippen molar-refractivity contribution in [3.8, 4) is 0 Å². The molecule has 1 saturated heterocycles. The van der Waals surface area contributed by atoms with Crippen molar-refractivity contribution in [1.29, 1.82) is 0 Å². The van der Waals surface area contributed by atoms with Crippen LogP contribution in [0.2, 0.25) is 0 Å². The third-order valence-electron chi connectivity index (χ3n) is 3.12. The highest BCUT2D eigenvalue weighted by Gasteiger charge is 2.26. The number of nitrogens with zero attached hydrogens (tertiary/aromatic N) is 2. The summed E-state index contributed by atoms with van der Waals surface area (Å²) in [6, 6.07) is 0. The molecular formula is C11H19N3O. The standard InChI is InChI=1S/C11H19N3O/c1-11(3-5-15-6-4-11)9-12-10-7-13-14(2)8-10/h7-8,12H,3-6,9H2,1-2H3. The number of aromatic nitrogens is 2. The van der Waals surface area contributed by atoms with Crippen molar-refractivity contribution in [2.45, 2.75) is 19.8 Å². The molecule has 84 valence electrons. The van der Waals surface area contributed by atoms with Gasteiger partial charge in [0.05, 0.1) is 11.9 Å². The van der Waals surface area contributed by atoms with E-state index in [2.05, 4.69) is 17.3 Å². The van der Waals surface area contributed by atoms with Gasteiger partial charge in [-0.15, -0.1) is 0 Å². The van der Waals surface area contributed by atoms with Crippen molar-refractivity contribution in [2.75, 3.05) is 25.1 Å². The lowest BCUT2D eigenvalue weighted by molar-refractivity contribution is 0.0300. The van der Waals surface area contributed by atoms with Gasteiger partial charge in [-0.05, 0) is 18.3 Å². The van der Waals surface area contributed by atoms with Gasteiger partial charge in [-0.3, -0.25) is 4.68 Å². The summed E-state index contributed by atoms with van der Waals surface area (Å²) in [6.45, 7) is 5.11. The summed E-state index contributed by atoms with van der Waals surface area (Å²) in [5, 5.41) is 7.57. The second-order valence-electron chi connectivity index (χ2n) is 4.68. The molecule has 2 heterocycles. The fourth-order valence-corrected chi connectivity index (χ4v) is 1.87. The van der Waals surface area contributed by atoms with Gasteiger partial charge in [-0.25, -0.2) is 0 Å². The molecule has 15 heavy (non-hydrogen) atoms. The summed E-state index contributed by atoms with van der Waals surface area (Å²) in [5.41, 5.74) is 1.47. The highest BCUT2D eigenvalue weighted by Crippen LogP contribution is 2.29. The van der Waals surface area contributed by atoms with Crippen LogP contribution in [0.15, 0.2) is 12.4 Å². The molecule has 0 atom stereocenters. The Hall–Kier alpha value is -1.03. The molecular weight excluding hydrogens is 190 g/mol. The van der Waals surface area contributed by atoms with Crippen LogP contribution in [0.25, 0.3) is 0 Å². The Balaban J connectivity index is 1.86. The van der Waals surface area contributed by atoms with Gasteiger partial charge < -0.3 is 10.1 Å². The van der Waals surface area contributed by atoms with Gasteiger partial charge in [0.2, 0.25) is 0 Å². The first kappa shape index (κ1) is 10.5. The van der Waals surface area contributed by atoms with Gasteiger partial charge in [-0.2, -0.15) is 5.10 Å². The molecule has 1 fully saturated rings. The second-order valence-corrected chi connectivity index (χ2v) is 4.68. The fourth-order valence-electron chi connectivity index (χ4n) is 1.87. The van der Waals surface area contributed by atoms with E-state index in [0.29, 0.717) is 5.41 Å². The van der Waals surface area contributed by atoms with Crippen molar-refractivity contribution in [1.82, 2.24) is 9.78 Å². The SMILES string of the molecule is Cn1cc(NCC2(C)CCOCC2)cn1. The van der Waals surface area contributed by atoms with Gasteiger partial charge in [0.1, 0.15) is 0 Å². The van der Waals surface area contributed by atoms with E-state index in [1.807, 2.05) is 24.1 Å². The monoisotopic (exact) mass is 209 g/mol. The van der Waals surface area contributed by atoms with Crippen LogP contribution in [-0.4, -0.2) is 29.5 Å². The summed E-state index contributed by atoms with van der Waals surface area (Å²) in [6.07, 6.45) is 6.14.